The van der Waals surface area contributed by atoms with Crippen molar-refractivity contribution in [1.82, 2.24) is 4.90 Å². The van der Waals surface area contributed by atoms with Gasteiger partial charge < -0.3 is 15.2 Å². The van der Waals surface area contributed by atoms with Gasteiger partial charge in [-0.05, 0) is 36.8 Å². The second-order valence-corrected chi connectivity index (χ2v) is 9.36. The Bertz CT molecular complexity index is 1260. The average Bonchev–Trinajstić information content (AvgIpc) is 3.26. The number of hydrogen-bond acceptors (Lipinski definition) is 7. The molecular weight excluding hydrogens is 490 g/mol. The van der Waals surface area contributed by atoms with Crippen molar-refractivity contribution in [2.45, 2.75) is 12.8 Å². The van der Waals surface area contributed by atoms with Crippen LogP contribution in [0.4, 0.5) is 11.4 Å². The summed E-state index contributed by atoms with van der Waals surface area (Å²) < 4.78 is 5.38. The van der Waals surface area contributed by atoms with Crippen LogP contribution in [0.25, 0.3) is 5.57 Å². The maximum absolute atomic E-state index is 13.4. The summed E-state index contributed by atoms with van der Waals surface area (Å²) in [4.78, 5) is 53.0. The second-order valence-electron chi connectivity index (χ2n) is 7.71. The monoisotopic (exact) mass is 511 g/mol. The molecule has 2 aliphatic rings. The summed E-state index contributed by atoms with van der Waals surface area (Å²) in [6, 6.07) is 13.7. The van der Waals surface area contributed by atoms with E-state index in [0.717, 1.165) is 11.8 Å². The van der Waals surface area contributed by atoms with Crippen LogP contribution >= 0.6 is 24.0 Å². The van der Waals surface area contributed by atoms with Crippen LogP contribution in [0.5, 0.6) is 5.75 Å². The molecule has 1 saturated heterocycles. The van der Waals surface area contributed by atoms with E-state index in [2.05, 4.69) is 5.32 Å². The number of thioether (sulfide) groups is 1. The van der Waals surface area contributed by atoms with Crippen molar-refractivity contribution in [3.05, 3.63) is 59.0 Å². The molecule has 2 aromatic rings. The predicted octanol–water partition coefficient (Wildman–Crippen LogP) is 3.12. The first kappa shape index (κ1) is 24.4. The fraction of sp³-hybridized carbons (Fsp3) is 0.208. The number of ether oxygens (including phenoxy) is 1. The largest absolute Gasteiger partial charge is 0.497 e. The molecule has 9 nitrogen and oxygen atoms in total. The second kappa shape index (κ2) is 10.3. The summed E-state index contributed by atoms with van der Waals surface area (Å²) in [5.74, 6) is -1.62. The third-order valence-electron chi connectivity index (χ3n) is 5.45. The molecule has 180 valence electrons. The van der Waals surface area contributed by atoms with Crippen LogP contribution in [0.3, 0.4) is 0 Å². The number of amides is 3. The van der Waals surface area contributed by atoms with Crippen LogP contribution in [0, 0.1) is 0 Å². The van der Waals surface area contributed by atoms with Gasteiger partial charge in [0.15, 0.2) is 0 Å². The summed E-state index contributed by atoms with van der Waals surface area (Å²) in [6.07, 6.45) is 0.147. The van der Waals surface area contributed by atoms with Gasteiger partial charge in [0.25, 0.3) is 11.8 Å². The minimum Gasteiger partial charge on any atom is -0.497 e. The summed E-state index contributed by atoms with van der Waals surface area (Å²) in [5.41, 5.74) is 1.81. The SMILES string of the molecule is COc1ccc(NC(=O)CN2C(=O)/C(=C3/SC(=S)N(CCCC(=O)O)C3=O)c3ccccc32)cc1. The molecule has 0 spiro atoms. The topological polar surface area (TPSA) is 116 Å². The lowest BCUT2D eigenvalue weighted by molar-refractivity contribution is -0.137. The molecule has 2 aromatic carbocycles. The predicted molar refractivity (Wildman–Crippen MR) is 136 cm³/mol. The van der Waals surface area contributed by atoms with Gasteiger partial charge >= 0.3 is 5.97 Å². The minimum absolute atomic E-state index is 0.0954. The van der Waals surface area contributed by atoms with E-state index in [4.69, 9.17) is 22.1 Å². The number of carbonyl (C=O) groups is 4. The van der Waals surface area contributed by atoms with E-state index in [9.17, 15) is 19.2 Å². The molecule has 3 amide bonds. The highest BCUT2D eigenvalue weighted by Crippen LogP contribution is 2.44. The number of aliphatic carboxylic acids is 1. The zero-order chi connectivity index (χ0) is 25.1. The lowest BCUT2D eigenvalue weighted by Gasteiger charge is -2.17. The first-order valence-corrected chi connectivity index (χ1v) is 11.9. The van der Waals surface area contributed by atoms with E-state index in [1.54, 1.807) is 55.6 Å². The van der Waals surface area contributed by atoms with E-state index < -0.39 is 23.7 Å². The van der Waals surface area contributed by atoms with Gasteiger partial charge in [-0.15, -0.1) is 0 Å². The molecule has 4 rings (SSSR count). The van der Waals surface area contributed by atoms with Gasteiger partial charge in [-0.25, -0.2) is 0 Å². The van der Waals surface area contributed by atoms with Gasteiger partial charge in [-0.3, -0.25) is 29.0 Å². The number of carboxylic acid groups (broad SMARTS) is 1. The molecule has 11 heteroatoms. The maximum atomic E-state index is 13.4. The quantitative estimate of drug-likeness (QED) is 0.410. The fourth-order valence-electron chi connectivity index (χ4n) is 3.81. The number of para-hydroxylation sites is 1. The van der Waals surface area contributed by atoms with E-state index in [0.29, 0.717) is 22.7 Å². The average molecular weight is 512 g/mol. The number of carboxylic acids is 1. The number of fused-ring (bicyclic) bond motifs is 1. The van der Waals surface area contributed by atoms with E-state index >= 15 is 0 Å². The highest BCUT2D eigenvalue weighted by molar-refractivity contribution is 8.26. The Morgan fingerprint density at radius 2 is 1.77 bits per heavy atom. The van der Waals surface area contributed by atoms with Crippen molar-refractivity contribution in [3.8, 4) is 5.75 Å². The molecule has 0 bridgehead atoms. The summed E-state index contributed by atoms with van der Waals surface area (Å²) in [6.45, 7) is -0.0954. The molecule has 2 N–H and O–H groups in total. The number of hydrogen-bond donors (Lipinski definition) is 2. The Hall–Kier alpha value is -3.70. The smallest absolute Gasteiger partial charge is 0.303 e. The first-order chi connectivity index (χ1) is 16.8. The van der Waals surface area contributed by atoms with Gasteiger partial charge in [0.2, 0.25) is 5.91 Å². The Morgan fingerprint density at radius 1 is 1.06 bits per heavy atom. The molecule has 1 fully saturated rings. The van der Waals surface area contributed by atoms with Gasteiger partial charge in [-0.2, -0.15) is 0 Å². The normalized spacial score (nSPS) is 17.1. The number of methoxy groups -OCH3 is 1. The summed E-state index contributed by atoms with van der Waals surface area (Å²) >= 11 is 6.34. The number of anilines is 2. The van der Waals surface area contributed by atoms with Gasteiger partial charge in [0.1, 0.15) is 16.6 Å². The molecule has 35 heavy (non-hydrogen) atoms. The van der Waals surface area contributed by atoms with Crippen molar-refractivity contribution in [3.63, 3.8) is 0 Å². The zero-order valence-electron chi connectivity index (χ0n) is 18.6. The van der Waals surface area contributed by atoms with Crippen LogP contribution < -0.4 is 15.0 Å². The van der Waals surface area contributed by atoms with Crippen LogP contribution in [0.1, 0.15) is 18.4 Å². The van der Waals surface area contributed by atoms with Crippen LogP contribution in [-0.2, 0) is 19.2 Å². The van der Waals surface area contributed by atoms with Crippen LogP contribution in [0.15, 0.2) is 53.4 Å². The molecule has 0 unspecified atom stereocenters. The number of rotatable bonds is 8. The number of thiocarbonyl (C=S) groups is 1. The summed E-state index contributed by atoms with van der Waals surface area (Å²) in [5, 5.41) is 11.6. The Kier molecular flexibility index (Phi) is 7.17. The molecule has 0 aromatic heterocycles. The van der Waals surface area contributed by atoms with Crippen LogP contribution in [-0.4, -0.2) is 58.2 Å². The molecule has 2 aliphatic heterocycles. The molecule has 0 aliphatic carbocycles. The van der Waals surface area contributed by atoms with Crippen molar-refractivity contribution < 1.29 is 29.0 Å². The van der Waals surface area contributed by atoms with Crippen molar-refractivity contribution >= 4 is 68.9 Å². The zero-order valence-corrected chi connectivity index (χ0v) is 20.3. The van der Waals surface area contributed by atoms with Gasteiger partial charge in [-0.1, -0.05) is 42.2 Å². The molecule has 0 radical (unpaired) electrons. The Balaban J connectivity index is 1.56. The highest BCUT2D eigenvalue weighted by atomic mass is 32.2. The van der Waals surface area contributed by atoms with Crippen LogP contribution in [0.2, 0.25) is 0 Å². The molecule has 2 heterocycles. The van der Waals surface area contributed by atoms with Gasteiger partial charge in [0, 0.05) is 24.2 Å². The Labute approximate surface area is 210 Å². The first-order valence-electron chi connectivity index (χ1n) is 10.6. The fourth-order valence-corrected chi connectivity index (χ4v) is 5.19. The number of benzene rings is 2. The van der Waals surface area contributed by atoms with E-state index in [-0.39, 0.29) is 40.7 Å². The lowest BCUT2D eigenvalue weighted by atomic mass is 10.1. The Morgan fingerprint density at radius 3 is 2.46 bits per heavy atom. The molecular formula is C24H21N3O6S2. The molecule has 0 atom stereocenters. The number of nitrogens with one attached hydrogen (secondary N) is 1. The number of carbonyl (C=O) groups excluding carboxylic acids is 3. The van der Waals surface area contributed by atoms with E-state index in [1.165, 1.54) is 9.80 Å². The summed E-state index contributed by atoms with van der Waals surface area (Å²) in [7, 11) is 1.55. The third kappa shape index (κ3) is 5.05. The lowest BCUT2D eigenvalue weighted by Crippen LogP contribution is -2.35. The van der Waals surface area contributed by atoms with Crippen molar-refractivity contribution in [2.75, 3.05) is 30.4 Å². The maximum Gasteiger partial charge on any atom is 0.303 e. The van der Waals surface area contributed by atoms with Gasteiger partial charge in [0.05, 0.1) is 23.3 Å². The van der Waals surface area contributed by atoms with E-state index in [1.807, 2.05) is 0 Å². The highest BCUT2D eigenvalue weighted by Gasteiger charge is 2.42. The minimum atomic E-state index is -0.961. The van der Waals surface area contributed by atoms with Crippen molar-refractivity contribution in [1.29, 1.82) is 0 Å². The number of nitrogens with zero attached hydrogens (tertiary/aromatic N) is 2. The third-order valence-corrected chi connectivity index (χ3v) is 6.90. The molecule has 0 saturated carbocycles. The standard InChI is InChI=1S/C24H21N3O6S2/c1-33-15-10-8-14(9-11-15)25-18(28)13-27-17-6-3-2-5-16(17)20(22(27)31)21-23(32)26(24(34)35-21)12-4-7-19(29)30/h2-3,5-6,8-11H,4,7,12-13H2,1H3,(H,25,28)(H,29,30)/b21-20+. The van der Waals surface area contributed by atoms with Crippen molar-refractivity contribution in [2.24, 2.45) is 0 Å².